The van der Waals surface area contributed by atoms with Crippen molar-refractivity contribution < 1.29 is 153 Å². The topological polar surface area (TPSA) is 475 Å². The Morgan fingerprint density at radius 1 is 0.590 bits per heavy atom. The summed E-state index contributed by atoms with van der Waals surface area (Å²) in [5, 5.41) is 167. The van der Waals surface area contributed by atoms with E-state index in [1.54, 1.807) is 18.2 Å². The average Bonchev–Trinajstić information content (AvgIpc) is 0.670. The number of ether oxygens (including phenoxy) is 13. The molecule has 0 radical (unpaired) electrons. The summed E-state index contributed by atoms with van der Waals surface area (Å²) < 4.78 is 76.6. The van der Waals surface area contributed by atoms with Crippen LogP contribution in [0.15, 0.2) is 35.9 Å². The van der Waals surface area contributed by atoms with E-state index in [-0.39, 0.29) is 50.0 Å². The molecule has 31 heteroatoms. The zero-order valence-corrected chi connectivity index (χ0v) is 57.6. The summed E-state index contributed by atoms with van der Waals surface area (Å²) in [6.07, 6.45) is -34.4. The first-order valence-electron chi connectivity index (χ1n) is 34.6. The van der Waals surface area contributed by atoms with Gasteiger partial charge in [0.1, 0.15) is 91.6 Å². The number of hydrogen-bond donors (Lipinski definition) is 15. The van der Waals surface area contributed by atoms with Gasteiger partial charge in [-0.25, -0.2) is 4.79 Å². The molecule has 31 nitrogen and oxygen atoms in total. The molecular formula is C69H102O31. The number of fused-ring (bicyclic) bond motifs is 7. The van der Waals surface area contributed by atoms with Crippen LogP contribution in [0.2, 0.25) is 0 Å². The van der Waals surface area contributed by atoms with E-state index in [1.807, 2.05) is 6.92 Å². The molecule has 15 N–H and O–H groups in total. The zero-order chi connectivity index (χ0) is 72.8. The van der Waals surface area contributed by atoms with Gasteiger partial charge in [-0.1, -0.05) is 45.4 Å². The monoisotopic (exact) mass is 1430 g/mol. The molecule has 564 valence electrons. The predicted octanol–water partition coefficient (Wildman–Crippen LogP) is -1.59. The number of aliphatic carboxylic acids is 1. The van der Waals surface area contributed by atoms with Crippen LogP contribution < -0.4 is 9.47 Å². The van der Waals surface area contributed by atoms with Crippen LogP contribution in [-0.2, 0) is 66.5 Å². The molecule has 5 saturated heterocycles. The molecule has 0 aromatic heterocycles. The first-order chi connectivity index (χ1) is 47.1. The summed E-state index contributed by atoms with van der Waals surface area (Å²) in [7, 11) is 2.91. The van der Waals surface area contributed by atoms with Gasteiger partial charge in [-0.2, -0.15) is 0 Å². The Kier molecular flexibility index (Phi) is 22.5. The van der Waals surface area contributed by atoms with Gasteiger partial charge < -0.3 is 138 Å². The molecule has 4 saturated carbocycles. The predicted molar refractivity (Wildman–Crippen MR) is 338 cm³/mol. The molecule has 0 amide bonds. The van der Waals surface area contributed by atoms with Crippen LogP contribution in [0.5, 0.6) is 11.5 Å². The maximum Gasteiger partial charge on any atom is 0.331 e. The molecule has 1 aromatic rings. The normalized spacial score (nSPS) is 48.6. The lowest BCUT2D eigenvalue weighted by molar-refractivity contribution is -0.377. The van der Waals surface area contributed by atoms with E-state index in [0.717, 1.165) is 11.6 Å². The van der Waals surface area contributed by atoms with Gasteiger partial charge in [0.05, 0.1) is 69.8 Å². The Morgan fingerprint density at radius 3 is 1.89 bits per heavy atom. The second kappa shape index (κ2) is 29.3. The molecule has 5 heterocycles. The first kappa shape index (κ1) is 76.9. The van der Waals surface area contributed by atoms with Gasteiger partial charge in [0.15, 0.2) is 48.9 Å². The van der Waals surface area contributed by atoms with Gasteiger partial charge in [-0.3, -0.25) is 9.59 Å². The Bertz CT molecular complexity index is 3130. The number of aliphatic hydroxyl groups excluding tert-OH is 14. The van der Waals surface area contributed by atoms with E-state index in [0.29, 0.717) is 42.7 Å². The van der Waals surface area contributed by atoms with E-state index < -0.39 is 230 Å². The number of aliphatic hydroxyl groups is 14. The summed E-state index contributed by atoms with van der Waals surface area (Å²) in [6.45, 7) is 10.6. The summed E-state index contributed by atoms with van der Waals surface area (Å²) in [6, 6.07) is 4.90. The molecule has 33 atom stereocenters. The number of carbonyl (C=O) groups is 3. The highest BCUT2D eigenvalue weighted by Gasteiger charge is 2.74. The number of methoxy groups -OCH3 is 2. The Balaban J connectivity index is 0.853. The van der Waals surface area contributed by atoms with E-state index in [1.165, 1.54) is 41.1 Å². The Hall–Kier alpha value is -4.21. The molecule has 100 heavy (non-hydrogen) atoms. The van der Waals surface area contributed by atoms with Crippen molar-refractivity contribution >= 4 is 24.0 Å². The summed E-state index contributed by atoms with van der Waals surface area (Å²) >= 11 is 0. The third-order valence-electron chi connectivity index (χ3n) is 24.8. The van der Waals surface area contributed by atoms with Crippen molar-refractivity contribution in [3.05, 3.63) is 41.5 Å². The standard InChI is InChI=1S/C69H102O31/c1-29-53(97-58-49(81)45(77)39(27-91-58)95-57-48(80)43(75)35(73)26-90-57)47(79)51(83)59(92-29)98-55-52(84)54(96-42(74)15-11-31-10-13-36(88-8)37(22-31)89-9)30(2)93-61(55)100-63(87)68-19-18-64(3,4)23-33(68)32-12-14-40-65(5)24-34(72)56(99-60-50(82)46(78)44(76)38(25-70)94-60)67(7,62(85)86)41(65)16-17-66(40,6)69(32,28-71)21-20-68/h10-13,15,22,29-30,33-35,38-41,43-61,70-73,75-84H,14,16-21,23-28H2,1-9H3,(H,85,86). The van der Waals surface area contributed by atoms with E-state index in [9.17, 15) is 86.2 Å². The maximum atomic E-state index is 15.9. The summed E-state index contributed by atoms with van der Waals surface area (Å²) in [5.74, 6) is -3.85. The molecule has 5 aliphatic carbocycles. The van der Waals surface area contributed by atoms with Gasteiger partial charge in [0.2, 0.25) is 6.29 Å². The lowest BCUT2D eigenvalue weighted by Crippen LogP contribution is -2.71. The second-order valence-electron chi connectivity index (χ2n) is 30.8. The van der Waals surface area contributed by atoms with Crippen molar-refractivity contribution in [2.24, 2.45) is 50.2 Å². The molecule has 1 aromatic carbocycles. The quantitative estimate of drug-likeness (QED) is 0.0341. The van der Waals surface area contributed by atoms with Crippen molar-refractivity contribution in [3.63, 3.8) is 0 Å². The number of benzene rings is 1. The molecule has 11 rings (SSSR count). The number of carbonyl (C=O) groups excluding carboxylic acids is 2. The highest BCUT2D eigenvalue weighted by molar-refractivity contribution is 5.87. The summed E-state index contributed by atoms with van der Waals surface area (Å²) in [5.41, 5.74) is -4.97. The lowest BCUT2D eigenvalue weighted by atomic mass is 9.33. The molecule has 5 aliphatic heterocycles. The summed E-state index contributed by atoms with van der Waals surface area (Å²) in [4.78, 5) is 43.6. The number of carboxylic acid groups (broad SMARTS) is 1. The fourth-order valence-electron chi connectivity index (χ4n) is 19.0. The van der Waals surface area contributed by atoms with Crippen molar-refractivity contribution in [1.29, 1.82) is 0 Å². The number of rotatable bonds is 18. The molecule has 10 aliphatic rings. The molecule has 0 bridgehead atoms. The fraction of sp³-hybridized carbons (Fsp3) is 0.812. The Labute approximate surface area is 578 Å². The third-order valence-corrected chi connectivity index (χ3v) is 24.8. The Morgan fingerprint density at radius 2 is 1.21 bits per heavy atom. The molecule has 33 unspecified atom stereocenters. The van der Waals surface area contributed by atoms with Crippen molar-refractivity contribution in [2.45, 2.75) is 260 Å². The van der Waals surface area contributed by atoms with Crippen molar-refractivity contribution in [1.82, 2.24) is 0 Å². The van der Waals surface area contributed by atoms with Crippen LogP contribution in [0.4, 0.5) is 0 Å². The van der Waals surface area contributed by atoms with Crippen LogP contribution >= 0.6 is 0 Å². The van der Waals surface area contributed by atoms with Gasteiger partial charge >= 0.3 is 17.9 Å². The average molecular weight is 1430 g/mol. The van der Waals surface area contributed by atoms with Gasteiger partial charge in [-0.05, 0) is 136 Å². The minimum Gasteiger partial charge on any atom is -0.493 e. The SMILES string of the molecule is COc1ccc(C=CC(=O)OC2C(C)OC(OC(=O)C34CCC(C)(C)CC3C3=CCC5C6(C)CC(O)C(OC7OC(CO)C(O)C(O)C7O)C(C)(C(=O)O)C6CCC5(C)C3(CO)CC4)C(OC3OC(C)C(OC4OCC(OC5OCC(O)C(O)C5O)C(O)C4O)C(O)C3O)C2O)cc1OC. The number of esters is 2. The third kappa shape index (κ3) is 13.3. The van der Waals surface area contributed by atoms with Crippen LogP contribution in [-0.4, -0.2) is 289 Å². The highest BCUT2D eigenvalue weighted by atomic mass is 16.8. The zero-order valence-electron chi connectivity index (χ0n) is 57.6. The highest BCUT2D eigenvalue weighted by Crippen LogP contribution is 2.76. The number of carboxylic acids is 1. The van der Waals surface area contributed by atoms with Crippen LogP contribution in [0, 0.1) is 50.2 Å². The maximum absolute atomic E-state index is 15.9. The number of allylic oxidation sites excluding steroid dienone is 1. The van der Waals surface area contributed by atoms with Gasteiger partial charge in [0, 0.05) is 11.5 Å². The van der Waals surface area contributed by atoms with E-state index in [4.69, 9.17) is 61.6 Å². The van der Waals surface area contributed by atoms with Gasteiger partial charge in [0.25, 0.3) is 0 Å². The van der Waals surface area contributed by atoms with Crippen molar-refractivity contribution in [3.8, 4) is 11.5 Å². The smallest absolute Gasteiger partial charge is 0.331 e. The van der Waals surface area contributed by atoms with Crippen LogP contribution in [0.1, 0.15) is 112 Å². The van der Waals surface area contributed by atoms with E-state index in [2.05, 4.69) is 26.8 Å². The molecule has 0 spiro atoms. The molecule has 9 fully saturated rings. The van der Waals surface area contributed by atoms with E-state index >= 15 is 4.79 Å². The van der Waals surface area contributed by atoms with Crippen LogP contribution in [0.25, 0.3) is 6.08 Å². The van der Waals surface area contributed by atoms with Crippen molar-refractivity contribution in [2.75, 3.05) is 40.6 Å². The first-order valence-corrected chi connectivity index (χ1v) is 34.6. The minimum absolute atomic E-state index is 0.00857. The second-order valence-corrected chi connectivity index (χ2v) is 30.8. The van der Waals surface area contributed by atoms with Crippen LogP contribution in [0.3, 0.4) is 0 Å². The van der Waals surface area contributed by atoms with Gasteiger partial charge in [-0.15, -0.1) is 0 Å². The minimum atomic E-state index is -2.06. The lowest BCUT2D eigenvalue weighted by Gasteiger charge is -2.71. The largest absolute Gasteiger partial charge is 0.493 e. The molecular weight excluding hydrogens is 1320 g/mol. The fourth-order valence-corrected chi connectivity index (χ4v) is 19.0. The number of hydrogen-bond acceptors (Lipinski definition) is 30.